The molecule has 0 amide bonds. The van der Waals surface area contributed by atoms with E-state index < -0.39 is 5.67 Å². The third-order valence-corrected chi connectivity index (χ3v) is 3.90. The van der Waals surface area contributed by atoms with E-state index in [9.17, 15) is 4.39 Å². The van der Waals surface area contributed by atoms with E-state index in [0.717, 1.165) is 31.2 Å². The van der Waals surface area contributed by atoms with Crippen LogP contribution in [0.3, 0.4) is 0 Å². The fourth-order valence-corrected chi connectivity index (χ4v) is 2.69. The Kier molecular flexibility index (Phi) is 3.82. The van der Waals surface area contributed by atoms with Gasteiger partial charge in [0.25, 0.3) is 0 Å². The highest BCUT2D eigenvalue weighted by molar-refractivity contribution is 5.27. The van der Waals surface area contributed by atoms with Crippen LogP contribution in [0.1, 0.15) is 49.8 Å². The summed E-state index contributed by atoms with van der Waals surface area (Å²) in [6.07, 6.45) is 4.14. The van der Waals surface area contributed by atoms with Gasteiger partial charge in [-0.15, -0.1) is 0 Å². The van der Waals surface area contributed by atoms with E-state index in [1.54, 1.807) is 0 Å². The van der Waals surface area contributed by atoms with Gasteiger partial charge in [0.1, 0.15) is 5.67 Å². The number of rotatable bonds is 4. The van der Waals surface area contributed by atoms with Crippen molar-refractivity contribution in [2.45, 2.75) is 50.7 Å². The van der Waals surface area contributed by atoms with Crippen LogP contribution in [0.4, 0.5) is 4.39 Å². The molecular formula is C15H22FN. The minimum Gasteiger partial charge on any atom is -0.313 e. The van der Waals surface area contributed by atoms with Crippen molar-refractivity contribution < 1.29 is 4.39 Å². The molecular weight excluding hydrogens is 213 g/mol. The molecule has 1 aromatic rings. The van der Waals surface area contributed by atoms with Gasteiger partial charge in [-0.3, -0.25) is 0 Å². The zero-order chi connectivity index (χ0) is 12.3. The van der Waals surface area contributed by atoms with Gasteiger partial charge >= 0.3 is 0 Å². The maximum Gasteiger partial charge on any atom is 0.115 e. The van der Waals surface area contributed by atoms with Gasteiger partial charge in [-0.05, 0) is 37.9 Å². The summed E-state index contributed by atoms with van der Waals surface area (Å²) in [5, 5.41) is 3.22. The van der Waals surface area contributed by atoms with Gasteiger partial charge in [-0.1, -0.05) is 37.1 Å². The molecule has 1 aromatic carbocycles. The third-order valence-electron chi connectivity index (χ3n) is 3.90. The number of nitrogens with one attached hydrogen (secondary N) is 1. The Balaban J connectivity index is 2.10. The summed E-state index contributed by atoms with van der Waals surface area (Å²) in [6, 6.07) is 8.65. The zero-order valence-electron chi connectivity index (χ0n) is 10.8. The lowest BCUT2D eigenvalue weighted by Gasteiger charge is -2.20. The Morgan fingerprint density at radius 3 is 2.71 bits per heavy atom. The largest absolute Gasteiger partial charge is 0.313 e. The molecule has 94 valence electrons. The molecule has 0 spiro atoms. The van der Waals surface area contributed by atoms with Gasteiger partial charge in [-0.2, -0.15) is 0 Å². The molecule has 0 aliphatic heterocycles. The first-order valence-corrected chi connectivity index (χ1v) is 6.58. The molecule has 1 nitrogen and oxygen atoms in total. The van der Waals surface area contributed by atoms with Crippen LogP contribution in [-0.4, -0.2) is 12.7 Å². The Labute approximate surface area is 103 Å². The summed E-state index contributed by atoms with van der Waals surface area (Å²) in [7, 11) is 1.95. The van der Waals surface area contributed by atoms with Gasteiger partial charge in [0, 0.05) is 12.5 Å². The minimum atomic E-state index is -0.943. The van der Waals surface area contributed by atoms with Crippen molar-refractivity contribution in [2.75, 3.05) is 7.05 Å². The Bertz CT molecular complexity index is 369. The van der Waals surface area contributed by atoms with E-state index in [4.69, 9.17) is 0 Å². The minimum absolute atomic E-state index is 0.328. The van der Waals surface area contributed by atoms with Crippen molar-refractivity contribution in [1.82, 2.24) is 5.32 Å². The summed E-state index contributed by atoms with van der Waals surface area (Å²) in [5.41, 5.74) is 1.43. The van der Waals surface area contributed by atoms with Gasteiger partial charge in [-0.25, -0.2) is 4.39 Å². The van der Waals surface area contributed by atoms with Crippen molar-refractivity contribution >= 4 is 0 Å². The molecule has 0 aromatic heterocycles. The molecule has 17 heavy (non-hydrogen) atoms. The lowest BCUT2D eigenvalue weighted by molar-refractivity contribution is 0.173. The first-order valence-electron chi connectivity index (χ1n) is 6.58. The Hall–Kier alpha value is -0.890. The highest BCUT2D eigenvalue weighted by atomic mass is 19.1. The number of benzene rings is 1. The average molecular weight is 235 g/mol. The molecule has 0 bridgehead atoms. The average Bonchev–Trinajstić information content (AvgIpc) is 2.75. The lowest BCUT2D eigenvalue weighted by atomic mass is 9.93. The van der Waals surface area contributed by atoms with E-state index in [2.05, 4.69) is 24.4 Å². The number of halogens is 1. The summed E-state index contributed by atoms with van der Waals surface area (Å²) >= 11 is 0. The number of hydrogen-bond acceptors (Lipinski definition) is 1. The van der Waals surface area contributed by atoms with E-state index in [-0.39, 0.29) is 0 Å². The highest BCUT2D eigenvalue weighted by Gasteiger charge is 2.33. The van der Waals surface area contributed by atoms with Crippen LogP contribution in [-0.2, 0) is 6.42 Å². The lowest BCUT2D eigenvalue weighted by Crippen LogP contribution is -2.21. The topological polar surface area (TPSA) is 12.0 Å². The van der Waals surface area contributed by atoms with Gasteiger partial charge in [0.05, 0.1) is 0 Å². The van der Waals surface area contributed by atoms with Gasteiger partial charge < -0.3 is 5.32 Å². The van der Waals surface area contributed by atoms with Crippen molar-refractivity contribution in [3.8, 4) is 0 Å². The van der Waals surface area contributed by atoms with Crippen LogP contribution in [0, 0.1) is 0 Å². The molecule has 2 rings (SSSR count). The maximum atomic E-state index is 14.4. The fraction of sp³-hybridized carbons (Fsp3) is 0.600. The van der Waals surface area contributed by atoms with Crippen molar-refractivity contribution in [2.24, 2.45) is 0 Å². The molecule has 1 fully saturated rings. The van der Waals surface area contributed by atoms with Gasteiger partial charge in [0.15, 0.2) is 0 Å². The smallest absolute Gasteiger partial charge is 0.115 e. The second-order valence-electron chi connectivity index (χ2n) is 5.29. The second kappa shape index (κ2) is 5.18. The second-order valence-corrected chi connectivity index (χ2v) is 5.29. The van der Waals surface area contributed by atoms with Crippen LogP contribution in [0.2, 0.25) is 0 Å². The summed E-state index contributed by atoms with van der Waals surface area (Å²) in [6.45, 7) is 2.12. The fourth-order valence-electron chi connectivity index (χ4n) is 2.69. The molecule has 1 aliphatic rings. The monoisotopic (exact) mass is 235 g/mol. The number of hydrogen-bond donors (Lipinski definition) is 1. The summed E-state index contributed by atoms with van der Waals surface area (Å²) in [5.74, 6) is 0. The third kappa shape index (κ3) is 3.06. The normalized spacial score (nSPS) is 20.4. The number of alkyl halides is 1. The quantitative estimate of drug-likeness (QED) is 0.837. The van der Waals surface area contributed by atoms with E-state index >= 15 is 0 Å². The van der Waals surface area contributed by atoms with Crippen LogP contribution in [0.5, 0.6) is 0 Å². The molecule has 1 N–H and O–H groups in total. The maximum absolute atomic E-state index is 14.4. The van der Waals surface area contributed by atoms with Crippen molar-refractivity contribution in [1.29, 1.82) is 0 Å². The molecule has 0 saturated heterocycles. The van der Waals surface area contributed by atoms with E-state index in [1.165, 1.54) is 5.56 Å². The first kappa shape index (κ1) is 12.6. The van der Waals surface area contributed by atoms with Crippen LogP contribution < -0.4 is 5.32 Å². The van der Waals surface area contributed by atoms with Crippen LogP contribution in [0.15, 0.2) is 24.3 Å². The van der Waals surface area contributed by atoms with Crippen molar-refractivity contribution in [3.05, 3.63) is 35.4 Å². The zero-order valence-corrected chi connectivity index (χ0v) is 10.8. The predicted molar refractivity (Wildman–Crippen MR) is 69.9 cm³/mol. The molecule has 1 atom stereocenters. The summed E-state index contributed by atoms with van der Waals surface area (Å²) < 4.78 is 14.4. The summed E-state index contributed by atoms with van der Waals surface area (Å²) in [4.78, 5) is 0. The van der Waals surface area contributed by atoms with Gasteiger partial charge in [0.2, 0.25) is 0 Å². The van der Waals surface area contributed by atoms with E-state index in [0.29, 0.717) is 12.5 Å². The molecule has 1 saturated carbocycles. The molecule has 1 unspecified atom stereocenters. The van der Waals surface area contributed by atoms with Crippen LogP contribution >= 0.6 is 0 Å². The molecule has 0 radical (unpaired) electrons. The molecule has 1 aliphatic carbocycles. The highest BCUT2D eigenvalue weighted by Crippen LogP contribution is 2.36. The van der Waals surface area contributed by atoms with Crippen LogP contribution in [0.25, 0.3) is 0 Å². The Morgan fingerprint density at radius 1 is 1.35 bits per heavy atom. The first-order chi connectivity index (χ1) is 8.13. The van der Waals surface area contributed by atoms with E-state index in [1.807, 2.05) is 19.2 Å². The van der Waals surface area contributed by atoms with Crippen molar-refractivity contribution in [3.63, 3.8) is 0 Å². The standard InChI is InChI=1S/C15H22FN/c1-12(17-2)14-7-5-6-13(10-14)11-15(16)8-3-4-9-15/h5-7,10,12,17H,3-4,8-9,11H2,1-2H3. The SMILES string of the molecule is CNC(C)c1cccc(CC2(F)CCCC2)c1. The molecule has 2 heteroatoms. The predicted octanol–water partition coefficient (Wildman–Crippen LogP) is 3.79. The molecule has 0 heterocycles. The Morgan fingerprint density at radius 2 is 2.06 bits per heavy atom.